The maximum Gasteiger partial charge on any atom is 0.346 e. The van der Waals surface area contributed by atoms with Crippen molar-refractivity contribution < 1.29 is 9.53 Å². The van der Waals surface area contributed by atoms with Crippen LogP contribution in [-0.2, 0) is 9.53 Å². The number of hydrogen-bond acceptors (Lipinski definition) is 4. The maximum atomic E-state index is 11.1. The van der Waals surface area contributed by atoms with Crippen molar-refractivity contribution in [3.05, 3.63) is 10.7 Å². The quantitative estimate of drug-likeness (QED) is 0.541. The molecule has 1 saturated heterocycles. The van der Waals surface area contributed by atoms with Gasteiger partial charge in [-0.1, -0.05) is 0 Å². The molecule has 0 amide bonds. The Labute approximate surface area is 92.6 Å². The van der Waals surface area contributed by atoms with E-state index >= 15 is 0 Å². The van der Waals surface area contributed by atoms with Crippen LogP contribution in [0.15, 0.2) is 10.7 Å². The van der Waals surface area contributed by atoms with E-state index in [0.29, 0.717) is 4.48 Å². The van der Waals surface area contributed by atoms with Gasteiger partial charge in [0.15, 0.2) is 0 Å². The molecule has 0 radical (unpaired) electrons. The Morgan fingerprint density at radius 3 is 2.43 bits per heavy atom. The number of carbonyl (C=O) groups is 1. The number of rotatable bonds is 2. The summed E-state index contributed by atoms with van der Waals surface area (Å²) in [5.74, 6) is -0.330. The molecule has 0 atom stereocenters. The Bertz CT molecular complexity index is 235. The van der Waals surface area contributed by atoms with Gasteiger partial charge in [0.2, 0.25) is 0 Å². The van der Waals surface area contributed by atoms with Crippen molar-refractivity contribution in [3.63, 3.8) is 0 Å². The fourth-order valence-corrected chi connectivity index (χ4v) is 1.71. The van der Waals surface area contributed by atoms with Gasteiger partial charge in [-0.05, 0) is 23.0 Å². The van der Waals surface area contributed by atoms with E-state index in [2.05, 4.69) is 37.5 Å². The standard InChI is InChI=1S/C9H15BrN2O2/c1-11-3-5-12(6-4-11)7-8(10)9(13)14-2/h7H,3-6H2,1-2H3/b8-7-. The van der Waals surface area contributed by atoms with Crippen LogP contribution < -0.4 is 0 Å². The minimum absolute atomic E-state index is 0.330. The summed E-state index contributed by atoms with van der Waals surface area (Å²) in [6.07, 6.45) is 1.80. The van der Waals surface area contributed by atoms with Gasteiger partial charge in [0.1, 0.15) is 4.48 Å². The zero-order valence-electron chi connectivity index (χ0n) is 8.49. The number of likely N-dealkylation sites (N-methyl/N-ethyl adjacent to an activating group) is 1. The van der Waals surface area contributed by atoms with Crippen molar-refractivity contribution in [2.75, 3.05) is 40.3 Å². The van der Waals surface area contributed by atoms with Crippen molar-refractivity contribution in [1.82, 2.24) is 9.80 Å². The minimum atomic E-state index is -0.330. The summed E-state index contributed by atoms with van der Waals surface area (Å²) in [7, 11) is 3.47. The third-order valence-electron chi connectivity index (χ3n) is 2.21. The van der Waals surface area contributed by atoms with Gasteiger partial charge in [-0.2, -0.15) is 0 Å². The second kappa shape index (κ2) is 5.36. The summed E-state index contributed by atoms with van der Waals surface area (Å²) in [6.45, 7) is 3.95. The summed E-state index contributed by atoms with van der Waals surface area (Å²) in [5, 5.41) is 0. The molecule has 1 fully saturated rings. The van der Waals surface area contributed by atoms with E-state index in [1.54, 1.807) is 6.20 Å². The van der Waals surface area contributed by atoms with Crippen molar-refractivity contribution in [2.24, 2.45) is 0 Å². The number of ether oxygens (including phenoxy) is 1. The molecule has 1 heterocycles. The van der Waals surface area contributed by atoms with Gasteiger partial charge in [0.25, 0.3) is 0 Å². The summed E-state index contributed by atoms with van der Waals surface area (Å²) in [4.78, 5) is 15.4. The molecule has 0 spiro atoms. The topological polar surface area (TPSA) is 32.8 Å². The lowest BCUT2D eigenvalue weighted by molar-refractivity contribution is -0.135. The fourth-order valence-electron chi connectivity index (χ4n) is 1.26. The highest BCUT2D eigenvalue weighted by Crippen LogP contribution is 2.10. The third kappa shape index (κ3) is 3.31. The maximum absolute atomic E-state index is 11.1. The van der Waals surface area contributed by atoms with Crippen LogP contribution in [0, 0.1) is 0 Å². The largest absolute Gasteiger partial charge is 0.465 e. The van der Waals surface area contributed by atoms with Crippen LogP contribution in [0.1, 0.15) is 0 Å². The first-order valence-electron chi connectivity index (χ1n) is 4.51. The number of piperazine rings is 1. The number of esters is 1. The van der Waals surface area contributed by atoms with Crippen molar-refractivity contribution in [3.8, 4) is 0 Å². The Morgan fingerprint density at radius 1 is 1.36 bits per heavy atom. The van der Waals surface area contributed by atoms with Gasteiger partial charge in [-0.3, -0.25) is 0 Å². The third-order valence-corrected chi connectivity index (χ3v) is 2.74. The first-order chi connectivity index (χ1) is 6.63. The molecular formula is C9H15BrN2O2. The summed E-state index contributed by atoms with van der Waals surface area (Å²) in [5.41, 5.74) is 0. The molecule has 1 aliphatic heterocycles. The number of hydrogen-bond donors (Lipinski definition) is 0. The molecule has 0 saturated carbocycles. The van der Waals surface area contributed by atoms with Crippen molar-refractivity contribution >= 4 is 21.9 Å². The van der Waals surface area contributed by atoms with E-state index in [1.807, 2.05) is 0 Å². The van der Waals surface area contributed by atoms with Crippen molar-refractivity contribution in [2.45, 2.75) is 0 Å². The highest BCUT2D eigenvalue weighted by atomic mass is 79.9. The van der Waals surface area contributed by atoms with Crippen LogP contribution >= 0.6 is 15.9 Å². The molecule has 1 rings (SSSR count). The monoisotopic (exact) mass is 262 g/mol. The Balaban J connectivity index is 2.47. The van der Waals surface area contributed by atoms with Gasteiger partial charge in [-0.15, -0.1) is 0 Å². The zero-order valence-corrected chi connectivity index (χ0v) is 10.1. The zero-order chi connectivity index (χ0) is 10.6. The van der Waals surface area contributed by atoms with Crippen LogP contribution in [0.3, 0.4) is 0 Å². The molecule has 0 N–H and O–H groups in total. The molecule has 0 aliphatic carbocycles. The Hall–Kier alpha value is -0.550. The predicted molar refractivity (Wildman–Crippen MR) is 58.1 cm³/mol. The second-order valence-electron chi connectivity index (χ2n) is 3.31. The second-order valence-corrected chi connectivity index (χ2v) is 4.16. The molecule has 0 aromatic heterocycles. The molecule has 0 unspecified atom stereocenters. The number of carbonyl (C=O) groups excluding carboxylic acids is 1. The SMILES string of the molecule is COC(=O)/C(Br)=C/N1CCN(C)CC1. The van der Waals surface area contributed by atoms with E-state index < -0.39 is 0 Å². The van der Waals surface area contributed by atoms with Crippen molar-refractivity contribution in [1.29, 1.82) is 0 Å². The van der Waals surface area contributed by atoms with E-state index in [1.165, 1.54) is 7.11 Å². The Morgan fingerprint density at radius 2 is 1.93 bits per heavy atom. The molecule has 5 heteroatoms. The van der Waals surface area contributed by atoms with E-state index in [-0.39, 0.29) is 5.97 Å². The summed E-state index contributed by atoms with van der Waals surface area (Å²) < 4.78 is 5.06. The molecule has 0 aromatic carbocycles. The van der Waals surface area contributed by atoms with Crippen LogP contribution in [0.4, 0.5) is 0 Å². The lowest BCUT2D eigenvalue weighted by atomic mass is 10.3. The van der Waals surface area contributed by atoms with Gasteiger partial charge in [0.05, 0.1) is 7.11 Å². The van der Waals surface area contributed by atoms with Gasteiger partial charge in [0, 0.05) is 32.4 Å². The molecule has 1 aliphatic rings. The van der Waals surface area contributed by atoms with E-state index in [0.717, 1.165) is 26.2 Å². The normalized spacial score (nSPS) is 19.6. The lowest BCUT2D eigenvalue weighted by Crippen LogP contribution is -2.42. The highest BCUT2D eigenvalue weighted by molar-refractivity contribution is 9.12. The first kappa shape index (κ1) is 11.5. The van der Waals surface area contributed by atoms with Gasteiger partial charge < -0.3 is 14.5 Å². The molecule has 14 heavy (non-hydrogen) atoms. The predicted octanol–water partition coefficient (Wildman–Crippen LogP) is 0.643. The average Bonchev–Trinajstić information content (AvgIpc) is 2.20. The Kier molecular flexibility index (Phi) is 4.41. The van der Waals surface area contributed by atoms with E-state index in [4.69, 9.17) is 0 Å². The molecule has 80 valence electrons. The summed E-state index contributed by atoms with van der Waals surface area (Å²) >= 11 is 3.19. The number of methoxy groups -OCH3 is 1. The fraction of sp³-hybridized carbons (Fsp3) is 0.667. The van der Waals surface area contributed by atoms with Gasteiger partial charge in [-0.25, -0.2) is 4.79 Å². The highest BCUT2D eigenvalue weighted by Gasteiger charge is 2.13. The van der Waals surface area contributed by atoms with Crippen LogP contribution in [0.5, 0.6) is 0 Å². The number of halogens is 1. The molecule has 4 nitrogen and oxygen atoms in total. The van der Waals surface area contributed by atoms with E-state index in [9.17, 15) is 4.79 Å². The molecule has 0 aromatic rings. The lowest BCUT2D eigenvalue weighted by Gasteiger charge is -2.31. The van der Waals surface area contributed by atoms with Crippen LogP contribution in [-0.4, -0.2) is 56.1 Å². The average molecular weight is 263 g/mol. The number of nitrogens with zero attached hydrogens (tertiary/aromatic N) is 2. The first-order valence-corrected chi connectivity index (χ1v) is 5.31. The summed E-state index contributed by atoms with van der Waals surface area (Å²) in [6, 6.07) is 0. The smallest absolute Gasteiger partial charge is 0.346 e. The van der Waals surface area contributed by atoms with Gasteiger partial charge >= 0.3 is 5.97 Å². The van der Waals surface area contributed by atoms with Crippen LogP contribution in [0.25, 0.3) is 0 Å². The minimum Gasteiger partial charge on any atom is -0.465 e. The molecule has 0 bridgehead atoms. The molecular weight excluding hydrogens is 248 g/mol. The van der Waals surface area contributed by atoms with Crippen LogP contribution in [0.2, 0.25) is 0 Å².